The van der Waals surface area contributed by atoms with Crippen LogP contribution in [-0.2, 0) is 10.0 Å². The summed E-state index contributed by atoms with van der Waals surface area (Å²) in [6.07, 6.45) is 0. The largest absolute Gasteiger partial charge is 0.434 e. The summed E-state index contributed by atoms with van der Waals surface area (Å²) in [7, 11) is -4.59. The molecule has 0 saturated heterocycles. The van der Waals surface area contributed by atoms with Gasteiger partial charge in [-0.3, -0.25) is 4.79 Å². The van der Waals surface area contributed by atoms with E-state index in [1.54, 1.807) is 33.8 Å². The first-order valence-electron chi connectivity index (χ1n) is 11.7. The average Bonchev–Trinajstić information content (AvgIpc) is 3.33. The fourth-order valence-corrected chi connectivity index (χ4v) is 5.66. The molecule has 0 bridgehead atoms. The summed E-state index contributed by atoms with van der Waals surface area (Å²) in [5, 5.41) is 14.9. The normalized spacial score (nSPS) is 13.4. The Morgan fingerprint density at radius 3 is 2.56 bits per heavy atom. The van der Waals surface area contributed by atoms with E-state index < -0.39 is 56.9 Å². The zero-order valence-electron chi connectivity index (χ0n) is 21.6. The van der Waals surface area contributed by atoms with E-state index in [4.69, 9.17) is 15.3 Å². The summed E-state index contributed by atoms with van der Waals surface area (Å²) < 4.78 is 50.1. The van der Waals surface area contributed by atoms with Gasteiger partial charge in [0.2, 0.25) is 21.8 Å². The van der Waals surface area contributed by atoms with E-state index in [1.807, 2.05) is 0 Å². The zero-order chi connectivity index (χ0) is 28.9. The zero-order valence-corrected chi connectivity index (χ0v) is 22.4. The molecule has 1 heterocycles. The van der Waals surface area contributed by atoms with Crippen molar-refractivity contribution in [3.8, 4) is 23.7 Å². The Balaban J connectivity index is 2.19. The molecule has 1 unspecified atom stereocenters. The highest BCUT2D eigenvalue weighted by molar-refractivity contribution is 7.89. The molecule has 204 valence electrons. The SMILES string of the molecule is CC#CC(C#CCO)c1ccc(C(N)=O)c(S(=O)(=O)N[C@H](c2n[nH]c(=O)o2)[C@H](C)c2c(F)ccc(C)c2C)c1. The van der Waals surface area contributed by atoms with E-state index in [9.17, 15) is 18.0 Å². The van der Waals surface area contributed by atoms with Gasteiger partial charge in [0.25, 0.3) is 0 Å². The Bertz CT molecular complexity index is 1690. The number of hydrogen-bond acceptors (Lipinski definition) is 7. The Hall–Kier alpha value is -4.23. The molecule has 0 saturated carbocycles. The number of aromatic nitrogens is 2. The molecule has 0 aliphatic rings. The number of rotatable bonds is 8. The highest BCUT2D eigenvalue weighted by atomic mass is 32.2. The molecule has 3 atom stereocenters. The van der Waals surface area contributed by atoms with Gasteiger partial charge in [-0.05, 0) is 61.2 Å². The summed E-state index contributed by atoms with van der Waals surface area (Å²) in [5.41, 5.74) is 7.02. The lowest BCUT2D eigenvalue weighted by Crippen LogP contribution is -2.34. The van der Waals surface area contributed by atoms with Crippen LogP contribution in [0.1, 0.15) is 70.2 Å². The van der Waals surface area contributed by atoms with Gasteiger partial charge in [0.05, 0.1) is 10.5 Å². The number of aliphatic hydroxyl groups excluding tert-OH is 1. The quantitative estimate of drug-likeness (QED) is 0.309. The van der Waals surface area contributed by atoms with Crippen molar-refractivity contribution in [2.24, 2.45) is 5.73 Å². The van der Waals surface area contributed by atoms with Gasteiger partial charge in [-0.25, -0.2) is 22.7 Å². The minimum absolute atomic E-state index is 0.190. The van der Waals surface area contributed by atoms with Gasteiger partial charge in [0, 0.05) is 5.92 Å². The number of primary amides is 1. The maximum atomic E-state index is 15.0. The Morgan fingerprint density at radius 1 is 1.26 bits per heavy atom. The van der Waals surface area contributed by atoms with Crippen LogP contribution in [-0.4, -0.2) is 36.2 Å². The van der Waals surface area contributed by atoms with Crippen LogP contribution >= 0.6 is 0 Å². The third-order valence-corrected chi connectivity index (χ3v) is 7.68. The van der Waals surface area contributed by atoms with Gasteiger partial charge < -0.3 is 15.3 Å². The second kappa shape index (κ2) is 12.1. The van der Waals surface area contributed by atoms with E-state index in [0.29, 0.717) is 11.1 Å². The average molecular weight is 555 g/mol. The van der Waals surface area contributed by atoms with E-state index in [0.717, 1.165) is 5.56 Å². The summed E-state index contributed by atoms with van der Waals surface area (Å²) in [4.78, 5) is 23.5. The van der Waals surface area contributed by atoms with Crippen LogP contribution < -0.4 is 16.2 Å². The second-order valence-corrected chi connectivity index (χ2v) is 10.4. The lowest BCUT2D eigenvalue weighted by molar-refractivity contribution is 0.0997. The van der Waals surface area contributed by atoms with Crippen molar-refractivity contribution in [2.75, 3.05) is 6.61 Å². The molecule has 12 heteroatoms. The van der Waals surface area contributed by atoms with Gasteiger partial charge in [-0.2, -0.15) is 4.72 Å². The maximum Gasteiger partial charge on any atom is 0.434 e. The van der Waals surface area contributed by atoms with Crippen LogP contribution in [0.15, 0.2) is 44.4 Å². The van der Waals surface area contributed by atoms with Crippen LogP contribution in [0.5, 0.6) is 0 Å². The molecule has 5 N–H and O–H groups in total. The van der Waals surface area contributed by atoms with Crippen molar-refractivity contribution in [3.05, 3.63) is 80.4 Å². The number of carbonyl (C=O) groups excluding carboxylic acids is 1. The molecule has 0 spiro atoms. The number of nitrogens with one attached hydrogen (secondary N) is 2. The third kappa shape index (κ3) is 6.44. The number of H-pyrrole nitrogens is 1. The lowest BCUT2D eigenvalue weighted by Gasteiger charge is -2.25. The number of sulfonamides is 1. The molecule has 3 aromatic rings. The van der Waals surface area contributed by atoms with Crippen molar-refractivity contribution in [2.45, 2.75) is 50.5 Å². The molecule has 0 fully saturated rings. The molecule has 0 aliphatic heterocycles. The molecular formula is C27H27FN4O6S. The summed E-state index contributed by atoms with van der Waals surface area (Å²) >= 11 is 0. The number of benzene rings is 2. The number of halogens is 1. The summed E-state index contributed by atoms with van der Waals surface area (Å²) in [5.74, 6) is 6.16. The van der Waals surface area contributed by atoms with Crippen LogP contribution in [0, 0.1) is 43.3 Å². The topological polar surface area (TPSA) is 168 Å². The van der Waals surface area contributed by atoms with Gasteiger partial charge in [-0.1, -0.05) is 36.8 Å². The lowest BCUT2D eigenvalue weighted by atomic mass is 9.88. The number of nitrogens with two attached hydrogens (primary N) is 1. The number of nitrogens with zero attached hydrogens (tertiary/aromatic N) is 1. The standard InChI is InChI=1S/C27H27FN4O6S/c1-5-7-18(8-6-13-33)19-10-11-20(25(29)34)22(14-19)39(36,37)32-24(26-30-31-27(35)38-26)17(4)23-16(3)15(2)9-12-21(23)28/h9-12,14,17-18,24,32-33H,13H2,1-4H3,(H2,29,34)(H,31,35)/t17-,18?,24+/m1/s1. The van der Waals surface area contributed by atoms with Crippen LogP contribution in [0.25, 0.3) is 0 Å². The fraction of sp³-hybridized carbons (Fsp3) is 0.296. The molecule has 0 radical (unpaired) electrons. The molecule has 1 amide bonds. The molecule has 3 rings (SSSR count). The molecule has 39 heavy (non-hydrogen) atoms. The number of aryl methyl sites for hydroxylation is 1. The van der Waals surface area contributed by atoms with E-state index in [1.165, 1.54) is 24.3 Å². The predicted molar refractivity (Wildman–Crippen MR) is 140 cm³/mol. The van der Waals surface area contributed by atoms with Gasteiger partial charge in [0.15, 0.2) is 0 Å². The highest BCUT2D eigenvalue weighted by Gasteiger charge is 2.35. The number of amides is 1. The van der Waals surface area contributed by atoms with Crippen molar-refractivity contribution in [1.82, 2.24) is 14.9 Å². The summed E-state index contributed by atoms with van der Waals surface area (Å²) in [6, 6.07) is 5.37. The first-order chi connectivity index (χ1) is 18.4. The third-order valence-electron chi connectivity index (χ3n) is 6.20. The van der Waals surface area contributed by atoms with Crippen molar-refractivity contribution < 1.29 is 27.1 Å². The minimum Gasteiger partial charge on any atom is -0.391 e. The second-order valence-electron chi connectivity index (χ2n) is 8.67. The summed E-state index contributed by atoms with van der Waals surface area (Å²) in [6.45, 7) is 6.15. The predicted octanol–water partition coefficient (Wildman–Crippen LogP) is 2.14. The van der Waals surface area contributed by atoms with Crippen LogP contribution in [0.4, 0.5) is 4.39 Å². The van der Waals surface area contributed by atoms with Gasteiger partial charge >= 0.3 is 5.76 Å². The molecule has 1 aromatic heterocycles. The number of hydrogen-bond donors (Lipinski definition) is 4. The van der Waals surface area contributed by atoms with E-state index in [2.05, 4.69) is 38.6 Å². The minimum atomic E-state index is -4.59. The van der Waals surface area contributed by atoms with E-state index >= 15 is 4.39 Å². The number of aliphatic hydroxyl groups is 1. The molecule has 10 nitrogen and oxygen atoms in total. The van der Waals surface area contributed by atoms with E-state index in [-0.39, 0.29) is 17.0 Å². The van der Waals surface area contributed by atoms with Gasteiger partial charge in [-0.15, -0.1) is 11.0 Å². The van der Waals surface area contributed by atoms with Crippen molar-refractivity contribution >= 4 is 15.9 Å². The monoisotopic (exact) mass is 554 g/mol. The Labute approximate surface area is 224 Å². The smallest absolute Gasteiger partial charge is 0.391 e. The van der Waals surface area contributed by atoms with Crippen LogP contribution in [0.2, 0.25) is 0 Å². The van der Waals surface area contributed by atoms with Gasteiger partial charge in [0.1, 0.15) is 24.4 Å². The van der Waals surface area contributed by atoms with Crippen molar-refractivity contribution in [1.29, 1.82) is 0 Å². The maximum absolute atomic E-state index is 15.0. The fourth-order valence-electron chi connectivity index (χ4n) is 4.14. The first kappa shape index (κ1) is 29.3. The number of aromatic amines is 1. The van der Waals surface area contributed by atoms with Crippen LogP contribution in [0.3, 0.4) is 0 Å². The molecular weight excluding hydrogens is 527 g/mol. The molecule has 0 aliphatic carbocycles. The first-order valence-corrected chi connectivity index (χ1v) is 13.2. The Morgan fingerprint density at radius 2 is 1.97 bits per heavy atom. The number of carbonyl (C=O) groups is 1. The Kier molecular flexibility index (Phi) is 9.09. The molecule has 2 aromatic carbocycles. The van der Waals surface area contributed by atoms with Crippen molar-refractivity contribution in [3.63, 3.8) is 0 Å². The highest BCUT2D eigenvalue weighted by Crippen LogP contribution is 2.35.